The topological polar surface area (TPSA) is 23.6 Å². The van der Waals surface area contributed by atoms with Crippen molar-refractivity contribution in [2.75, 3.05) is 6.54 Å². The van der Waals surface area contributed by atoms with E-state index in [0.29, 0.717) is 18.2 Å². The fourth-order valence-corrected chi connectivity index (χ4v) is 8.72. The third-order valence-corrected chi connectivity index (χ3v) is 10.1. The molecule has 2 aliphatic rings. The number of fused-ring (bicyclic) bond motifs is 1. The number of nitrogens with zero attached hydrogens (tertiary/aromatic N) is 2. The highest BCUT2D eigenvalue weighted by molar-refractivity contribution is 14.2. The van der Waals surface area contributed by atoms with E-state index in [4.69, 9.17) is 0 Å². The molecule has 3 nitrogen and oxygen atoms in total. The third kappa shape index (κ3) is 4.16. The van der Waals surface area contributed by atoms with Gasteiger partial charge in [-0.15, -0.1) is 0 Å². The number of aryl methyl sites for hydroxylation is 1. The van der Waals surface area contributed by atoms with Crippen LogP contribution in [-0.4, -0.2) is 27.0 Å². The van der Waals surface area contributed by atoms with E-state index in [9.17, 15) is 4.79 Å². The molecular weight excluding hydrogens is 614 g/mol. The lowest BCUT2D eigenvalue weighted by atomic mass is 9.77. The fraction of sp³-hybridized carbons (Fsp3) is 0.381. The molecule has 0 aromatic heterocycles. The molecule has 0 amide bonds. The van der Waals surface area contributed by atoms with Crippen molar-refractivity contribution in [2.45, 2.75) is 37.9 Å². The van der Waals surface area contributed by atoms with Gasteiger partial charge in [0.25, 0.3) is 0 Å². The zero-order valence-electron chi connectivity index (χ0n) is 15.5. The Morgan fingerprint density at radius 2 is 1.68 bits per heavy atom. The highest BCUT2D eigenvalue weighted by Gasteiger charge is 2.48. The summed E-state index contributed by atoms with van der Waals surface area (Å²) in [6, 6.07) is 20.0. The number of carbonyl (C=O) groups excluding carboxylic acids is 1. The van der Waals surface area contributed by atoms with E-state index in [1.165, 1.54) is 16.7 Å². The number of halogens is 2. The quantitative estimate of drug-likeness (QED) is 0.274. The van der Waals surface area contributed by atoms with Crippen molar-refractivity contribution in [3.8, 4) is 0 Å². The molecule has 2 fully saturated rings. The van der Waals surface area contributed by atoms with E-state index < -0.39 is 0 Å². The maximum absolute atomic E-state index is 13.2. The molecular formula is C21H22I2N2OS2. The zero-order valence-corrected chi connectivity index (χ0v) is 21.4. The Morgan fingerprint density at radius 3 is 2.36 bits per heavy atom. The maximum Gasteiger partial charge on any atom is 0.140 e. The molecule has 148 valence electrons. The van der Waals surface area contributed by atoms with Gasteiger partial charge >= 0.3 is 0 Å². The second kappa shape index (κ2) is 9.55. The van der Waals surface area contributed by atoms with Crippen molar-refractivity contribution in [3.05, 3.63) is 71.3 Å². The molecule has 0 spiro atoms. The molecule has 2 saturated heterocycles. The molecule has 0 N–H and O–H groups in total. The summed E-state index contributed by atoms with van der Waals surface area (Å²) in [4.78, 5) is 13.2. The number of hydrogen-bond donors (Lipinski definition) is 0. The van der Waals surface area contributed by atoms with E-state index in [1.54, 1.807) is 18.2 Å². The van der Waals surface area contributed by atoms with Gasteiger partial charge < -0.3 is 0 Å². The molecule has 0 aliphatic carbocycles. The van der Waals surface area contributed by atoms with Crippen LogP contribution in [0.2, 0.25) is 0 Å². The lowest BCUT2D eigenvalue weighted by molar-refractivity contribution is -0.131. The molecule has 28 heavy (non-hydrogen) atoms. The van der Waals surface area contributed by atoms with Crippen LogP contribution in [0.3, 0.4) is 0 Å². The molecule has 2 aromatic rings. The Hall–Kier alpha value is 0.190. The molecule has 4 atom stereocenters. The van der Waals surface area contributed by atoms with Crippen LogP contribution in [0.25, 0.3) is 0 Å². The van der Waals surface area contributed by atoms with Crippen LogP contribution in [0, 0.1) is 12.8 Å². The second-order valence-electron chi connectivity index (χ2n) is 7.48. The highest BCUT2D eigenvalue weighted by Crippen LogP contribution is 2.50. The lowest BCUT2D eigenvalue weighted by Gasteiger charge is -2.50. The molecule has 2 aromatic carbocycles. The molecule has 4 rings (SSSR count). The van der Waals surface area contributed by atoms with Crippen LogP contribution in [0.1, 0.15) is 41.6 Å². The van der Waals surface area contributed by atoms with Crippen LogP contribution in [0.15, 0.2) is 54.6 Å². The Kier molecular flexibility index (Phi) is 7.31. The van der Waals surface area contributed by atoms with Gasteiger partial charge in [0.15, 0.2) is 0 Å². The van der Waals surface area contributed by atoms with Gasteiger partial charge in [0.05, 0.1) is 6.04 Å². The largest absolute Gasteiger partial charge is 0.299 e. The minimum absolute atomic E-state index is 0.0877. The Balaban J connectivity index is 1.69. The molecule has 0 bridgehead atoms. The van der Waals surface area contributed by atoms with Crippen LogP contribution < -0.4 is 0 Å². The van der Waals surface area contributed by atoms with Crippen molar-refractivity contribution in [1.82, 2.24) is 8.61 Å². The van der Waals surface area contributed by atoms with Gasteiger partial charge in [-0.25, -0.2) is 8.61 Å². The third-order valence-electron chi connectivity index (χ3n) is 6.00. The van der Waals surface area contributed by atoms with Gasteiger partial charge in [-0.3, -0.25) is 4.79 Å². The van der Waals surface area contributed by atoms with Gasteiger partial charge in [0, 0.05) is 73.4 Å². The predicted octanol–water partition coefficient (Wildman–Crippen LogP) is 6.74. The van der Waals surface area contributed by atoms with Gasteiger partial charge in [0.2, 0.25) is 0 Å². The smallest absolute Gasteiger partial charge is 0.140 e. The lowest BCUT2D eigenvalue weighted by Crippen LogP contribution is -2.55. The normalized spacial score (nSPS) is 28.9. The molecule has 0 radical (unpaired) electrons. The molecule has 2 aliphatic heterocycles. The number of hydrogen-bond acceptors (Lipinski definition) is 5. The van der Waals surface area contributed by atoms with Crippen molar-refractivity contribution in [3.63, 3.8) is 0 Å². The van der Waals surface area contributed by atoms with Crippen LogP contribution >= 0.6 is 60.6 Å². The van der Waals surface area contributed by atoms with Crippen molar-refractivity contribution in [2.24, 2.45) is 5.92 Å². The number of Topliss-reactive ketones (excluding diaryl/α,β-unsaturated/α-hetero) is 1. The summed E-state index contributed by atoms with van der Waals surface area (Å²) >= 11 is 4.77. The standard InChI is InChI=1S/C21H22I2N2OS2/c1-14-7-5-6-10-16(14)19-11-20-17(13-24(19)27-22)21(26)12-18(25(20)28-23)15-8-3-2-4-9-15/h2-10,17-20H,11-13H2,1H3/t17-,18+,19+,20+/m1/s1. The summed E-state index contributed by atoms with van der Waals surface area (Å²) in [5.74, 6) is 0.504. The minimum atomic E-state index is 0.0877. The van der Waals surface area contributed by atoms with E-state index >= 15 is 0 Å². The number of ketones is 1. The SMILES string of the molecule is Cc1ccccc1[C@@H]1C[C@H]2[C@@H](CN1SI)C(=O)C[C@@H](c1ccccc1)N2SI. The summed E-state index contributed by atoms with van der Waals surface area (Å²) in [5.41, 5.74) is 3.96. The average Bonchev–Trinajstić information content (AvgIpc) is 2.74. The van der Waals surface area contributed by atoms with Gasteiger partial charge in [-0.1, -0.05) is 54.6 Å². The summed E-state index contributed by atoms with van der Waals surface area (Å²) in [5, 5.41) is 0. The van der Waals surface area contributed by atoms with Crippen LogP contribution in [0.5, 0.6) is 0 Å². The van der Waals surface area contributed by atoms with Crippen LogP contribution in [0.4, 0.5) is 0 Å². The first-order chi connectivity index (χ1) is 13.6. The summed E-state index contributed by atoms with van der Waals surface area (Å²) in [6.45, 7) is 3.02. The van der Waals surface area contributed by atoms with E-state index in [2.05, 4.69) is 106 Å². The highest BCUT2D eigenvalue weighted by atomic mass is 127. The van der Waals surface area contributed by atoms with Crippen LogP contribution in [-0.2, 0) is 4.79 Å². The Bertz CT molecular complexity index is 838. The van der Waals surface area contributed by atoms with E-state index in [1.807, 2.05) is 6.07 Å². The van der Waals surface area contributed by atoms with Gasteiger partial charge in [0.1, 0.15) is 5.78 Å². The number of carbonyl (C=O) groups is 1. The Labute approximate surface area is 199 Å². The summed E-state index contributed by atoms with van der Waals surface area (Å²) in [7, 11) is 3.52. The monoisotopic (exact) mass is 636 g/mol. The van der Waals surface area contributed by atoms with E-state index in [0.717, 1.165) is 13.0 Å². The maximum atomic E-state index is 13.2. The predicted molar refractivity (Wildman–Crippen MR) is 136 cm³/mol. The van der Waals surface area contributed by atoms with Crippen molar-refractivity contribution < 1.29 is 4.79 Å². The van der Waals surface area contributed by atoms with Gasteiger partial charge in [-0.05, 0) is 48.3 Å². The number of rotatable bonds is 4. The fourth-order valence-electron chi connectivity index (χ4n) is 4.57. The minimum Gasteiger partial charge on any atom is -0.299 e. The number of piperidine rings is 2. The van der Waals surface area contributed by atoms with E-state index in [-0.39, 0.29) is 18.0 Å². The molecule has 7 heteroatoms. The zero-order chi connectivity index (χ0) is 19.7. The Morgan fingerprint density at radius 1 is 0.964 bits per heavy atom. The summed E-state index contributed by atoms with van der Waals surface area (Å²) < 4.78 is 4.92. The molecule has 0 saturated carbocycles. The second-order valence-corrected chi connectivity index (χ2v) is 11.0. The molecule has 0 unspecified atom stereocenters. The molecule has 2 heterocycles. The first kappa shape index (κ1) is 21.4. The first-order valence-corrected chi connectivity index (χ1v) is 16.0. The average molecular weight is 636 g/mol. The van der Waals surface area contributed by atoms with Gasteiger partial charge in [-0.2, -0.15) is 0 Å². The first-order valence-electron chi connectivity index (χ1n) is 9.39. The summed E-state index contributed by atoms with van der Waals surface area (Å²) in [6.07, 6.45) is 1.59. The van der Waals surface area contributed by atoms with Crippen molar-refractivity contribution >= 4 is 66.4 Å². The van der Waals surface area contributed by atoms with Crippen molar-refractivity contribution in [1.29, 1.82) is 0 Å². The number of benzene rings is 2.